The van der Waals surface area contributed by atoms with Gasteiger partial charge in [0, 0.05) is 16.2 Å². The fraction of sp³-hybridized carbons (Fsp3) is 0.833. The van der Waals surface area contributed by atoms with Gasteiger partial charge in [-0.05, 0) is 11.1 Å². The van der Waals surface area contributed by atoms with E-state index in [1.54, 1.807) is 6.92 Å². The lowest BCUT2D eigenvalue weighted by atomic mass is 10.3. The standard InChI is InChI=1S/C6H10N6O3/c1-2-3-4(13)15-6(14)5(9-11-7)10-12-8/h4-5,13H,2-3H2,1H3. The van der Waals surface area contributed by atoms with Gasteiger partial charge < -0.3 is 9.84 Å². The number of aliphatic hydroxyl groups is 1. The van der Waals surface area contributed by atoms with Crippen LogP contribution in [0.5, 0.6) is 0 Å². The summed E-state index contributed by atoms with van der Waals surface area (Å²) in [5.41, 5.74) is 16.1. The average Bonchev–Trinajstić information content (AvgIpc) is 2.17. The van der Waals surface area contributed by atoms with Gasteiger partial charge in [0.15, 0.2) is 0 Å². The first-order valence-electron chi connectivity index (χ1n) is 4.12. The van der Waals surface area contributed by atoms with Gasteiger partial charge in [0.25, 0.3) is 0 Å². The van der Waals surface area contributed by atoms with Gasteiger partial charge in [0.1, 0.15) is 0 Å². The summed E-state index contributed by atoms with van der Waals surface area (Å²) < 4.78 is 4.44. The van der Waals surface area contributed by atoms with Gasteiger partial charge in [-0.15, -0.1) is 0 Å². The number of ether oxygens (including phenoxy) is 1. The zero-order chi connectivity index (χ0) is 11.7. The number of rotatable bonds is 6. The summed E-state index contributed by atoms with van der Waals surface area (Å²) in [7, 11) is 0. The molecular weight excluding hydrogens is 204 g/mol. The molecule has 0 aromatic heterocycles. The average molecular weight is 214 g/mol. The monoisotopic (exact) mass is 214 g/mol. The van der Waals surface area contributed by atoms with E-state index in [4.69, 9.17) is 16.2 Å². The van der Waals surface area contributed by atoms with Crippen LogP contribution < -0.4 is 0 Å². The van der Waals surface area contributed by atoms with Gasteiger partial charge in [-0.25, -0.2) is 0 Å². The Bertz CT molecular complexity index is 288. The number of hydrogen-bond acceptors (Lipinski definition) is 5. The molecule has 0 fully saturated rings. The zero-order valence-electron chi connectivity index (χ0n) is 8.02. The van der Waals surface area contributed by atoms with E-state index in [9.17, 15) is 4.79 Å². The lowest BCUT2D eigenvalue weighted by molar-refractivity contribution is -0.170. The van der Waals surface area contributed by atoms with Gasteiger partial charge in [-0.2, -0.15) is 0 Å². The van der Waals surface area contributed by atoms with Crippen LogP contribution >= 0.6 is 0 Å². The fourth-order valence-electron chi connectivity index (χ4n) is 0.716. The lowest BCUT2D eigenvalue weighted by Gasteiger charge is -2.11. The van der Waals surface area contributed by atoms with E-state index in [1.165, 1.54) is 0 Å². The Morgan fingerprint density at radius 3 is 2.40 bits per heavy atom. The van der Waals surface area contributed by atoms with Crippen molar-refractivity contribution in [3.8, 4) is 0 Å². The molecule has 0 radical (unpaired) electrons. The Kier molecular flexibility index (Phi) is 6.48. The molecule has 0 aliphatic rings. The maximum absolute atomic E-state index is 11.1. The third kappa shape index (κ3) is 5.37. The summed E-state index contributed by atoms with van der Waals surface area (Å²) in [5.74, 6) is -1.08. The smallest absolute Gasteiger partial charge is 0.323 e. The molecule has 15 heavy (non-hydrogen) atoms. The minimum atomic E-state index is -1.62. The number of nitrogens with zero attached hydrogens (tertiary/aromatic N) is 6. The number of aliphatic hydroxyl groups excluding tert-OH is 1. The lowest BCUT2D eigenvalue weighted by Crippen LogP contribution is -2.24. The molecule has 9 heteroatoms. The van der Waals surface area contributed by atoms with Crippen LogP contribution in [0.3, 0.4) is 0 Å². The highest BCUT2D eigenvalue weighted by molar-refractivity contribution is 5.75. The molecule has 0 aliphatic heterocycles. The van der Waals surface area contributed by atoms with Crippen molar-refractivity contribution in [2.24, 2.45) is 10.2 Å². The van der Waals surface area contributed by atoms with E-state index < -0.39 is 18.4 Å². The van der Waals surface area contributed by atoms with Gasteiger partial charge >= 0.3 is 5.97 Å². The van der Waals surface area contributed by atoms with Crippen LogP contribution in [0.4, 0.5) is 0 Å². The van der Waals surface area contributed by atoms with Crippen LogP contribution in [-0.4, -0.2) is 23.5 Å². The quantitative estimate of drug-likeness (QED) is 0.235. The first-order valence-corrected chi connectivity index (χ1v) is 4.12. The maximum atomic E-state index is 11.1. The van der Waals surface area contributed by atoms with Crippen LogP contribution in [0.15, 0.2) is 10.2 Å². The van der Waals surface area contributed by atoms with E-state index in [1.807, 2.05) is 0 Å². The van der Waals surface area contributed by atoms with Crippen molar-refractivity contribution >= 4 is 5.97 Å². The van der Waals surface area contributed by atoms with E-state index in [0.717, 1.165) is 0 Å². The highest BCUT2D eigenvalue weighted by atomic mass is 16.6. The maximum Gasteiger partial charge on any atom is 0.323 e. The first-order chi connectivity index (χ1) is 7.15. The van der Waals surface area contributed by atoms with Crippen LogP contribution in [0, 0.1) is 0 Å². The summed E-state index contributed by atoms with van der Waals surface area (Å²) in [6.07, 6.45) is -2.04. The normalized spacial score (nSPS) is 12.9. The zero-order valence-corrected chi connectivity index (χ0v) is 8.02. The van der Waals surface area contributed by atoms with E-state index in [2.05, 4.69) is 24.8 Å². The molecule has 0 aromatic rings. The molecule has 0 saturated carbocycles. The van der Waals surface area contributed by atoms with Gasteiger partial charge in [-0.1, -0.05) is 23.6 Å². The Morgan fingerprint density at radius 2 is 2.00 bits per heavy atom. The van der Waals surface area contributed by atoms with Crippen LogP contribution in [-0.2, 0) is 9.53 Å². The second-order valence-electron chi connectivity index (χ2n) is 2.46. The van der Waals surface area contributed by atoms with Crippen molar-refractivity contribution < 1.29 is 14.6 Å². The molecule has 9 nitrogen and oxygen atoms in total. The van der Waals surface area contributed by atoms with Crippen molar-refractivity contribution in [3.63, 3.8) is 0 Å². The predicted octanol–water partition coefficient (Wildman–Crippen LogP) is 1.59. The van der Waals surface area contributed by atoms with Gasteiger partial charge in [0.05, 0.1) is 0 Å². The molecule has 0 heterocycles. The molecule has 82 valence electrons. The molecule has 0 bridgehead atoms. The summed E-state index contributed by atoms with van der Waals surface area (Å²) in [6.45, 7) is 1.79. The van der Waals surface area contributed by atoms with E-state index >= 15 is 0 Å². The summed E-state index contributed by atoms with van der Waals surface area (Å²) in [4.78, 5) is 15.7. The predicted molar refractivity (Wildman–Crippen MR) is 49.1 cm³/mol. The van der Waals surface area contributed by atoms with Gasteiger partial charge in [-0.3, -0.25) is 4.79 Å². The first kappa shape index (κ1) is 13.1. The number of carbonyl (C=O) groups excluding carboxylic acids is 1. The van der Waals surface area contributed by atoms with Crippen molar-refractivity contribution in [2.45, 2.75) is 32.2 Å². The Balaban J connectivity index is 4.38. The molecular formula is C6H10N6O3. The highest BCUT2D eigenvalue weighted by Gasteiger charge is 2.19. The second-order valence-corrected chi connectivity index (χ2v) is 2.46. The Hall–Kier alpha value is -1.95. The molecule has 1 unspecified atom stereocenters. The summed E-state index contributed by atoms with van der Waals surface area (Å²) in [6, 6.07) is 0. The number of azide groups is 1. The topological polar surface area (TPSA) is 144 Å². The van der Waals surface area contributed by atoms with Crippen molar-refractivity contribution in [1.82, 2.24) is 0 Å². The Labute approximate surface area is 84.9 Å². The minimum Gasteiger partial charge on any atom is -0.436 e. The van der Waals surface area contributed by atoms with Crippen LogP contribution in [0.25, 0.3) is 20.9 Å². The molecule has 0 aromatic carbocycles. The van der Waals surface area contributed by atoms with Crippen LogP contribution in [0.2, 0.25) is 0 Å². The molecule has 0 spiro atoms. The number of carbonyl (C=O) groups is 1. The summed E-state index contributed by atoms with van der Waals surface area (Å²) >= 11 is 0. The molecule has 1 N–H and O–H groups in total. The third-order valence-corrected chi connectivity index (χ3v) is 1.32. The molecule has 0 amide bonds. The van der Waals surface area contributed by atoms with E-state index in [0.29, 0.717) is 6.42 Å². The van der Waals surface area contributed by atoms with E-state index in [-0.39, 0.29) is 6.42 Å². The molecule has 0 saturated heterocycles. The number of esters is 1. The van der Waals surface area contributed by atoms with Crippen LogP contribution in [0.1, 0.15) is 19.8 Å². The molecule has 0 aliphatic carbocycles. The molecule has 1 atom stereocenters. The number of hydrogen-bond donors (Lipinski definition) is 1. The highest BCUT2D eigenvalue weighted by Crippen LogP contribution is 2.04. The van der Waals surface area contributed by atoms with Gasteiger partial charge in [0.2, 0.25) is 12.5 Å². The molecule has 0 rings (SSSR count). The largest absolute Gasteiger partial charge is 0.436 e. The summed E-state index contributed by atoms with van der Waals surface area (Å²) in [5, 5.41) is 14.9. The minimum absolute atomic E-state index is 0.255. The second kappa shape index (κ2) is 7.45. The fourth-order valence-corrected chi connectivity index (χ4v) is 0.716. The Morgan fingerprint density at radius 1 is 1.47 bits per heavy atom. The van der Waals surface area contributed by atoms with Crippen molar-refractivity contribution in [1.29, 1.82) is 0 Å². The van der Waals surface area contributed by atoms with Crippen molar-refractivity contribution in [3.05, 3.63) is 20.9 Å². The third-order valence-electron chi connectivity index (χ3n) is 1.32. The van der Waals surface area contributed by atoms with Crippen molar-refractivity contribution in [2.75, 3.05) is 0 Å². The SMILES string of the molecule is CCCC(O)OC(=O)C(N=[N+]=[N-])N=[N+]=[N-].